The summed E-state index contributed by atoms with van der Waals surface area (Å²) >= 11 is 0. The van der Waals surface area contributed by atoms with Crippen LogP contribution >= 0.6 is 0 Å². The Labute approximate surface area is 110 Å². The number of fused-ring (bicyclic) bond motifs is 2. The van der Waals surface area contributed by atoms with Crippen molar-refractivity contribution in [1.82, 2.24) is 5.32 Å². The van der Waals surface area contributed by atoms with Crippen molar-refractivity contribution in [3.63, 3.8) is 0 Å². The van der Waals surface area contributed by atoms with E-state index in [1.807, 2.05) is 0 Å². The lowest BCUT2D eigenvalue weighted by atomic mass is 9.65. The molecule has 0 saturated heterocycles. The largest absolute Gasteiger partial charge is 0.356 e. The molecular formula is C15H26N2O. The van der Waals surface area contributed by atoms with Crippen LogP contribution in [0.5, 0.6) is 0 Å². The molecule has 3 rings (SSSR count). The molecule has 3 aliphatic carbocycles. The van der Waals surface area contributed by atoms with Crippen LogP contribution in [-0.2, 0) is 4.79 Å². The second-order valence-corrected chi connectivity index (χ2v) is 6.91. The van der Waals surface area contributed by atoms with E-state index in [1.165, 1.54) is 25.7 Å². The molecule has 0 aromatic rings. The van der Waals surface area contributed by atoms with Crippen molar-refractivity contribution in [3.8, 4) is 0 Å². The van der Waals surface area contributed by atoms with Gasteiger partial charge in [0.2, 0.25) is 5.91 Å². The number of nitrogens with two attached hydrogens (primary N) is 1. The molecule has 0 aromatic carbocycles. The number of carbonyl (C=O) groups excluding carboxylic acids is 1. The molecule has 1 amide bonds. The van der Waals surface area contributed by atoms with Crippen LogP contribution in [0.25, 0.3) is 0 Å². The van der Waals surface area contributed by atoms with Crippen LogP contribution < -0.4 is 11.1 Å². The average molecular weight is 250 g/mol. The van der Waals surface area contributed by atoms with Gasteiger partial charge in [0.1, 0.15) is 0 Å². The van der Waals surface area contributed by atoms with E-state index in [1.54, 1.807) is 0 Å². The second-order valence-electron chi connectivity index (χ2n) is 6.91. The van der Waals surface area contributed by atoms with Crippen molar-refractivity contribution >= 4 is 5.91 Å². The average Bonchev–Trinajstić information content (AvgIpc) is 3.02. The first kappa shape index (κ1) is 12.5. The monoisotopic (exact) mass is 250 g/mol. The highest BCUT2D eigenvalue weighted by molar-refractivity contribution is 5.78. The molecule has 0 spiro atoms. The van der Waals surface area contributed by atoms with Crippen molar-refractivity contribution in [2.24, 2.45) is 35.3 Å². The van der Waals surface area contributed by atoms with Crippen LogP contribution in [0, 0.1) is 29.6 Å². The van der Waals surface area contributed by atoms with Crippen LogP contribution in [0.2, 0.25) is 0 Å². The maximum Gasteiger partial charge on any atom is 0.223 e. The number of rotatable bonds is 3. The van der Waals surface area contributed by atoms with Crippen molar-refractivity contribution in [1.29, 1.82) is 0 Å². The van der Waals surface area contributed by atoms with Crippen LogP contribution in [0.15, 0.2) is 0 Å². The lowest BCUT2D eigenvalue weighted by Gasteiger charge is -2.43. The predicted molar refractivity (Wildman–Crippen MR) is 71.8 cm³/mol. The zero-order valence-corrected chi connectivity index (χ0v) is 11.4. The zero-order valence-electron chi connectivity index (χ0n) is 11.4. The molecule has 3 fully saturated rings. The third-order valence-electron chi connectivity index (χ3n) is 5.60. The topological polar surface area (TPSA) is 55.1 Å². The van der Waals surface area contributed by atoms with Crippen molar-refractivity contribution in [2.45, 2.75) is 51.5 Å². The van der Waals surface area contributed by atoms with Gasteiger partial charge in [-0.3, -0.25) is 4.79 Å². The summed E-state index contributed by atoms with van der Waals surface area (Å²) in [6.45, 7) is 3.17. The Morgan fingerprint density at radius 3 is 2.39 bits per heavy atom. The SMILES string of the molecule is CC1CC1CNC(=O)C1CC2CCCC(C1)C2N. The van der Waals surface area contributed by atoms with Gasteiger partial charge in [-0.1, -0.05) is 13.3 Å². The minimum Gasteiger partial charge on any atom is -0.356 e. The first-order valence-corrected chi connectivity index (χ1v) is 7.68. The van der Waals surface area contributed by atoms with E-state index in [-0.39, 0.29) is 5.92 Å². The Hall–Kier alpha value is -0.570. The van der Waals surface area contributed by atoms with Crippen LogP contribution in [-0.4, -0.2) is 18.5 Å². The van der Waals surface area contributed by atoms with Gasteiger partial charge in [0, 0.05) is 18.5 Å². The first-order chi connectivity index (χ1) is 8.65. The van der Waals surface area contributed by atoms with E-state index in [0.717, 1.165) is 31.2 Å². The summed E-state index contributed by atoms with van der Waals surface area (Å²) in [5.41, 5.74) is 6.27. The molecular weight excluding hydrogens is 224 g/mol. The third kappa shape index (κ3) is 2.42. The van der Waals surface area contributed by atoms with Crippen molar-refractivity contribution in [3.05, 3.63) is 0 Å². The first-order valence-electron chi connectivity index (χ1n) is 7.68. The molecule has 3 heteroatoms. The Kier molecular flexibility index (Phi) is 3.35. The van der Waals surface area contributed by atoms with E-state index in [2.05, 4.69) is 12.2 Å². The van der Waals surface area contributed by atoms with Gasteiger partial charge in [-0.15, -0.1) is 0 Å². The van der Waals surface area contributed by atoms with Gasteiger partial charge in [-0.2, -0.15) is 0 Å². The van der Waals surface area contributed by atoms with Gasteiger partial charge >= 0.3 is 0 Å². The summed E-state index contributed by atoms with van der Waals surface area (Å²) in [6, 6.07) is 0.367. The summed E-state index contributed by atoms with van der Waals surface area (Å²) in [7, 11) is 0. The highest BCUT2D eigenvalue weighted by Crippen LogP contribution is 2.42. The van der Waals surface area contributed by atoms with Gasteiger partial charge in [0.05, 0.1) is 0 Å². The van der Waals surface area contributed by atoms with Crippen LogP contribution in [0.3, 0.4) is 0 Å². The molecule has 4 atom stereocenters. The molecule has 4 unspecified atom stereocenters. The Morgan fingerprint density at radius 1 is 1.22 bits per heavy atom. The van der Waals surface area contributed by atoms with E-state index in [9.17, 15) is 4.79 Å². The molecule has 3 N–H and O–H groups in total. The van der Waals surface area contributed by atoms with E-state index >= 15 is 0 Å². The Balaban J connectivity index is 1.51. The maximum absolute atomic E-state index is 12.2. The minimum absolute atomic E-state index is 0.245. The predicted octanol–water partition coefficient (Wildman–Crippen LogP) is 1.91. The normalized spacial score (nSPS) is 46.6. The number of nitrogens with one attached hydrogen (secondary N) is 1. The summed E-state index contributed by atoms with van der Waals surface area (Å²) in [5.74, 6) is 3.33. The molecule has 3 aliphatic rings. The summed E-state index contributed by atoms with van der Waals surface area (Å²) in [4.78, 5) is 12.2. The van der Waals surface area contributed by atoms with E-state index in [0.29, 0.717) is 23.8 Å². The fourth-order valence-electron chi connectivity index (χ4n) is 4.06. The number of amides is 1. The smallest absolute Gasteiger partial charge is 0.223 e. The molecule has 102 valence electrons. The summed E-state index contributed by atoms with van der Waals surface area (Å²) < 4.78 is 0. The summed E-state index contributed by atoms with van der Waals surface area (Å²) in [5, 5.41) is 3.17. The van der Waals surface area contributed by atoms with Gasteiger partial charge in [0.25, 0.3) is 0 Å². The molecule has 0 radical (unpaired) electrons. The fourth-order valence-corrected chi connectivity index (χ4v) is 4.06. The quantitative estimate of drug-likeness (QED) is 0.804. The van der Waals surface area contributed by atoms with Crippen molar-refractivity contribution < 1.29 is 4.79 Å². The molecule has 3 nitrogen and oxygen atoms in total. The van der Waals surface area contributed by atoms with E-state index in [4.69, 9.17) is 5.73 Å². The van der Waals surface area contributed by atoms with Crippen LogP contribution in [0.4, 0.5) is 0 Å². The van der Waals surface area contributed by atoms with Crippen molar-refractivity contribution in [2.75, 3.05) is 6.54 Å². The zero-order chi connectivity index (χ0) is 12.7. The van der Waals surface area contributed by atoms with Crippen LogP contribution in [0.1, 0.15) is 45.4 Å². The molecule has 3 saturated carbocycles. The second kappa shape index (κ2) is 4.84. The molecule has 0 aromatic heterocycles. The van der Waals surface area contributed by atoms with Gasteiger partial charge in [-0.25, -0.2) is 0 Å². The van der Waals surface area contributed by atoms with Gasteiger partial charge in [0.15, 0.2) is 0 Å². The number of carbonyl (C=O) groups is 1. The van der Waals surface area contributed by atoms with E-state index < -0.39 is 0 Å². The molecule has 0 aliphatic heterocycles. The maximum atomic E-state index is 12.2. The number of hydrogen-bond donors (Lipinski definition) is 2. The fraction of sp³-hybridized carbons (Fsp3) is 0.933. The highest BCUT2D eigenvalue weighted by atomic mass is 16.1. The summed E-state index contributed by atoms with van der Waals surface area (Å²) in [6.07, 6.45) is 7.15. The van der Waals surface area contributed by atoms with Gasteiger partial charge in [-0.05, 0) is 55.8 Å². The molecule has 0 heterocycles. The third-order valence-corrected chi connectivity index (χ3v) is 5.60. The molecule has 2 bridgehead atoms. The van der Waals surface area contributed by atoms with Gasteiger partial charge < -0.3 is 11.1 Å². The lowest BCUT2D eigenvalue weighted by Crippen LogP contribution is -2.49. The minimum atomic E-state index is 0.245. The Morgan fingerprint density at radius 2 is 1.83 bits per heavy atom. The highest BCUT2D eigenvalue weighted by Gasteiger charge is 2.41. The Bertz CT molecular complexity index is 316. The standard InChI is InChI=1S/C15H26N2O/c1-9-5-13(9)8-17-15(18)12-6-10-3-2-4-11(7-12)14(10)16/h9-14H,2-8,16H2,1H3,(H,17,18). The molecule has 18 heavy (non-hydrogen) atoms. The number of hydrogen-bond acceptors (Lipinski definition) is 2. The lowest BCUT2D eigenvalue weighted by molar-refractivity contribution is -0.127.